The number of rotatable bonds is 7. The van der Waals surface area contributed by atoms with Gasteiger partial charge in [-0.1, -0.05) is 0 Å². The molecule has 0 saturated carbocycles. The summed E-state index contributed by atoms with van der Waals surface area (Å²) in [5.74, 6) is -0.920. The van der Waals surface area contributed by atoms with E-state index in [0.29, 0.717) is 6.54 Å². The maximum Gasteiger partial charge on any atom is 0.335 e. The number of hydrogen-bond acceptors (Lipinski definition) is 4. The molecular weight excluding hydrogens is 256 g/mol. The van der Waals surface area contributed by atoms with Crippen LogP contribution in [0.1, 0.15) is 22.5 Å². The van der Waals surface area contributed by atoms with E-state index in [1.165, 1.54) is 12.3 Å². The molecule has 0 unspecified atom stereocenters. The molecule has 6 heteroatoms. The van der Waals surface area contributed by atoms with Gasteiger partial charge < -0.3 is 14.6 Å². The van der Waals surface area contributed by atoms with Crippen molar-refractivity contribution in [2.75, 3.05) is 13.6 Å². The third-order valence-electron chi connectivity index (χ3n) is 3.01. The normalized spacial score (nSPS) is 10.9. The number of carbonyl (C=O) groups is 1. The van der Waals surface area contributed by atoms with Crippen molar-refractivity contribution in [2.45, 2.75) is 19.5 Å². The van der Waals surface area contributed by atoms with E-state index in [4.69, 9.17) is 5.11 Å². The molecule has 1 N–H and O–H groups in total. The number of hydrogen-bond donors (Lipinski definition) is 1. The second kappa shape index (κ2) is 6.81. The monoisotopic (exact) mass is 274 g/mol. The van der Waals surface area contributed by atoms with E-state index < -0.39 is 5.97 Å². The van der Waals surface area contributed by atoms with E-state index in [9.17, 15) is 4.79 Å². The summed E-state index contributed by atoms with van der Waals surface area (Å²) in [6, 6.07) is 3.12. The largest absolute Gasteiger partial charge is 0.478 e. The molecule has 0 fully saturated rings. The summed E-state index contributed by atoms with van der Waals surface area (Å²) in [5, 5.41) is 8.94. The Bertz CT molecular complexity index is 554. The van der Waals surface area contributed by atoms with Crippen molar-refractivity contribution in [2.24, 2.45) is 0 Å². The van der Waals surface area contributed by atoms with Crippen LogP contribution in [-0.4, -0.2) is 44.1 Å². The number of nitrogens with zero attached hydrogens (tertiary/aromatic N) is 4. The predicted octanol–water partition coefficient (Wildman–Crippen LogP) is 1.50. The Morgan fingerprint density at radius 1 is 1.45 bits per heavy atom. The lowest BCUT2D eigenvalue weighted by Gasteiger charge is -2.16. The summed E-state index contributed by atoms with van der Waals surface area (Å²) in [5.41, 5.74) is 1.05. The van der Waals surface area contributed by atoms with Gasteiger partial charge in [0.15, 0.2) is 0 Å². The number of carboxylic acid groups (broad SMARTS) is 1. The van der Waals surface area contributed by atoms with Gasteiger partial charge in [0, 0.05) is 31.7 Å². The van der Waals surface area contributed by atoms with Crippen molar-refractivity contribution < 1.29 is 9.90 Å². The third kappa shape index (κ3) is 4.17. The van der Waals surface area contributed by atoms with Gasteiger partial charge in [0.1, 0.15) is 0 Å². The van der Waals surface area contributed by atoms with Crippen molar-refractivity contribution in [3.63, 3.8) is 0 Å². The van der Waals surface area contributed by atoms with E-state index in [0.717, 1.165) is 25.2 Å². The van der Waals surface area contributed by atoms with E-state index in [1.54, 1.807) is 18.6 Å². The smallest absolute Gasteiger partial charge is 0.335 e. The summed E-state index contributed by atoms with van der Waals surface area (Å²) < 4.78 is 2.04. The van der Waals surface area contributed by atoms with Crippen LogP contribution in [0.2, 0.25) is 0 Å². The summed E-state index contributed by atoms with van der Waals surface area (Å²) in [4.78, 5) is 21.2. The van der Waals surface area contributed by atoms with Gasteiger partial charge in [0.2, 0.25) is 0 Å². The van der Waals surface area contributed by atoms with Crippen molar-refractivity contribution in [1.29, 1.82) is 0 Å². The van der Waals surface area contributed by atoms with Gasteiger partial charge in [-0.25, -0.2) is 9.78 Å². The van der Waals surface area contributed by atoms with Crippen LogP contribution in [-0.2, 0) is 13.1 Å². The molecule has 2 heterocycles. The molecule has 6 nitrogen and oxygen atoms in total. The fourth-order valence-corrected chi connectivity index (χ4v) is 2.00. The van der Waals surface area contributed by atoms with Gasteiger partial charge in [-0.05, 0) is 32.1 Å². The summed E-state index contributed by atoms with van der Waals surface area (Å²) >= 11 is 0. The van der Waals surface area contributed by atoms with Gasteiger partial charge in [0.05, 0.1) is 17.6 Å². The Kier molecular flexibility index (Phi) is 4.84. The van der Waals surface area contributed by atoms with Crippen molar-refractivity contribution in [3.05, 3.63) is 48.3 Å². The minimum atomic E-state index is -0.920. The SMILES string of the molecule is CN(CCCn1ccnc1)Cc1cc(C(=O)O)ccn1. The molecule has 0 aliphatic heterocycles. The van der Waals surface area contributed by atoms with Crippen LogP contribution in [0.5, 0.6) is 0 Å². The van der Waals surface area contributed by atoms with Crippen molar-refractivity contribution in [3.8, 4) is 0 Å². The zero-order chi connectivity index (χ0) is 14.4. The van der Waals surface area contributed by atoms with Gasteiger partial charge in [-0.3, -0.25) is 4.98 Å². The third-order valence-corrected chi connectivity index (χ3v) is 3.01. The van der Waals surface area contributed by atoms with Crippen LogP contribution < -0.4 is 0 Å². The predicted molar refractivity (Wildman–Crippen MR) is 74.4 cm³/mol. The second-order valence-corrected chi connectivity index (χ2v) is 4.73. The first-order valence-corrected chi connectivity index (χ1v) is 6.47. The summed E-state index contributed by atoms with van der Waals surface area (Å²) in [6.45, 7) is 2.48. The molecule has 0 aliphatic carbocycles. The van der Waals surface area contributed by atoms with Gasteiger partial charge in [-0.15, -0.1) is 0 Å². The van der Waals surface area contributed by atoms with Gasteiger partial charge in [0.25, 0.3) is 0 Å². The average molecular weight is 274 g/mol. The van der Waals surface area contributed by atoms with E-state index >= 15 is 0 Å². The fraction of sp³-hybridized carbons (Fsp3) is 0.357. The maximum absolute atomic E-state index is 10.9. The van der Waals surface area contributed by atoms with Crippen LogP contribution in [0.4, 0.5) is 0 Å². The van der Waals surface area contributed by atoms with Crippen LogP contribution in [0.15, 0.2) is 37.1 Å². The first-order valence-electron chi connectivity index (χ1n) is 6.47. The van der Waals surface area contributed by atoms with E-state index in [1.807, 2.05) is 17.8 Å². The fourth-order valence-electron chi connectivity index (χ4n) is 2.00. The van der Waals surface area contributed by atoms with E-state index in [-0.39, 0.29) is 5.56 Å². The Morgan fingerprint density at radius 3 is 3.00 bits per heavy atom. The zero-order valence-corrected chi connectivity index (χ0v) is 11.4. The molecule has 2 aromatic rings. The number of pyridine rings is 1. The maximum atomic E-state index is 10.9. The zero-order valence-electron chi connectivity index (χ0n) is 11.4. The van der Waals surface area contributed by atoms with Crippen molar-refractivity contribution in [1.82, 2.24) is 19.4 Å². The van der Waals surface area contributed by atoms with Crippen molar-refractivity contribution >= 4 is 5.97 Å². The number of aromatic carboxylic acids is 1. The molecule has 106 valence electrons. The highest BCUT2D eigenvalue weighted by molar-refractivity contribution is 5.87. The van der Waals surface area contributed by atoms with Gasteiger partial charge >= 0.3 is 5.97 Å². The molecule has 20 heavy (non-hydrogen) atoms. The van der Waals surface area contributed by atoms with Crippen LogP contribution >= 0.6 is 0 Å². The summed E-state index contributed by atoms with van der Waals surface area (Å²) in [6.07, 6.45) is 8.06. The minimum absolute atomic E-state index is 0.279. The number of aromatic nitrogens is 3. The van der Waals surface area contributed by atoms with Crippen LogP contribution in [0.25, 0.3) is 0 Å². The Hall–Kier alpha value is -2.21. The first-order chi connectivity index (χ1) is 9.65. The Morgan fingerprint density at radius 2 is 2.30 bits per heavy atom. The molecular formula is C14H18N4O2. The molecule has 0 atom stereocenters. The van der Waals surface area contributed by atoms with Crippen LogP contribution in [0, 0.1) is 0 Å². The molecule has 0 spiro atoms. The minimum Gasteiger partial charge on any atom is -0.478 e. The number of imidazole rings is 1. The molecule has 0 aliphatic rings. The average Bonchev–Trinajstić information content (AvgIpc) is 2.92. The number of aryl methyl sites for hydroxylation is 1. The molecule has 0 aromatic carbocycles. The topological polar surface area (TPSA) is 71.2 Å². The lowest BCUT2D eigenvalue weighted by molar-refractivity contribution is 0.0696. The Labute approximate surface area is 117 Å². The lowest BCUT2D eigenvalue weighted by atomic mass is 10.2. The van der Waals surface area contributed by atoms with Gasteiger partial charge in [-0.2, -0.15) is 0 Å². The Balaban J connectivity index is 1.80. The quantitative estimate of drug-likeness (QED) is 0.828. The first kappa shape index (κ1) is 14.2. The highest BCUT2D eigenvalue weighted by Crippen LogP contribution is 2.05. The second-order valence-electron chi connectivity index (χ2n) is 4.73. The number of carboxylic acids is 1. The molecule has 2 aromatic heterocycles. The lowest BCUT2D eigenvalue weighted by Crippen LogP contribution is -2.21. The standard InChI is InChI=1S/C14H18N4O2/c1-17(6-2-7-18-8-5-15-11-18)10-13-9-12(14(19)20)3-4-16-13/h3-5,8-9,11H,2,6-7,10H2,1H3,(H,19,20). The highest BCUT2D eigenvalue weighted by atomic mass is 16.4. The molecule has 0 saturated heterocycles. The molecule has 2 rings (SSSR count). The summed E-state index contributed by atoms with van der Waals surface area (Å²) in [7, 11) is 2.00. The molecule has 0 radical (unpaired) electrons. The highest BCUT2D eigenvalue weighted by Gasteiger charge is 2.06. The molecule has 0 amide bonds. The van der Waals surface area contributed by atoms with Crippen LogP contribution in [0.3, 0.4) is 0 Å². The molecule has 0 bridgehead atoms. The van der Waals surface area contributed by atoms with E-state index in [2.05, 4.69) is 14.9 Å².